The highest BCUT2D eigenvalue weighted by Crippen LogP contribution is 2.21. The van der Waals surface area contributed by atoms with Crippen molar-refractivity contribution in [3.63, 3.8) is 0 Å². The van der Waals surface area contributed by atoms with Crippen LogP contribution < -0.4 is 5.32 Å². The molecule has 0 spiro atoms. The summed E-state index contributed by atoms with van der Waals surface area (Å²) in [5, 5.41) is 13.8. The molecule has 1 aromatic heterocycles. The van der Waals surface area contributed by atoms with Crippen molar-refractivity contribution in [2.45, 2.75) is 19.6 Å². The molecule has 2 rings (SSSR count). The summed E-state index contributed by atoms with van der Waals surface area (Å²) in [6.45, 7) is 2.87. The van der Waals surface area contributed by atoms with Crippen LogP contribution in [0.3, 0.4) is 0 Å². The number of halogens is 1. The molecule has 0 saturated heterocycles. The number of aryl methyl sites for hydroxylation is 1. The van der Waals surface area contributed by atoms with Gasteiger partial charge in [-0.25, -0.2) is 0 Å². The lowest BCUT2D eigenvalue weighted by Gasteiger charge is -2.13. The molecule has 0 bridgehead atoms. The normalized spacial score (nSPS) is 12.4. The molecular weight excluding hydrogens is 262 g/mol. The highest BCUT2D eigenvalue weighted by molar-refractivity contribution is 6.31. The predicted molar refractivity (Wildman–Crippen MR) is 74.9 cm³/mol. The van der Waals surface area contributed by atoms with Crippen LogP contribution in [-0.4, -0.2) is 21.6 Å². The zero-order chi connectivity index (χ0) is 13.7. The number of aliphatic hydroxyl groups excluding tert-OH is 1. The van der Waals surface area contributed by atoms with E-state index in [1.807, 2.05) is 25.1 Å². The first-order valence-corrected chi connectivity index (χ1v) is 6.45. The molecule has 19 heavy (non-hydrogen) atoms. The van der Waals surface area contributed by atoms with Gasteiger partial charge in [-0.1, -0.05) is 29.8 Å². The molecule has 0 fully saturated rings. The Morgan fingerprint density at radius 3 is 2.74 bits per heavy atom. The fraction of sp³-hybridized carbons (Fsp3) is 0.286. The second-order valence-electron chi connectivity index (χ2n) is 4.32. The van der Waals surface area contributed by atoms with Gasteiger partial charge in [-0.05, 0) is 13.0 Å². The summed E-state index contributed by atoms with van der Waals surface area (Å²) in [5.41, 5.74) is 2.46. The molecule has 1 heterocycles. The third kappa shape index (κ3) is 3.99. The van der Waals surface area contributed by atoms with Gasteiger partial charge in [0.1, 0.15) is 0 Å². The quantitative estimate of drug-likeness (QED) is 0.880. The predicted octanol–water partition coefficient (Wildman–Crippen LogP) is 2.26. The van der Waals surface area contributed by atoms with E-state index in [4.69, 9.17) is 11.6 Å². The third-order valence-electron chi connectivity index (χ3n) is 2.74. The monoisotopic (exact) mass is 277 g/mol. The van der Waals surface area contributed by atoms with Crippen LogP contribution in [0.2, 0.25) is 5.02 Å². The molecule has 5 heteroatoms. The Labute approximate surface area is 117 Å². The summed E-state index contributed by atoms with van der Waals surface area (Å²) in [6.07, 6.45) is 2.82. The molecular formula is C14H16ClN3O. The third-order valence-corrected chi connectivity index (χ3v) is 3.09. The summed E-state index contributed by atoms with van der Waals surface area (Å²) >= 11 is 6.02. The number of nitrogens with zero attached hydrogens (tertiary/aromatic N) is 2. The minimum atomic E-state index is -0.632. The molecule has 1 atom stereocenters. The number of rotatable bonds is 5. The maximum atomic E-state index is 10.0. The van der Waals surface area contributed by atoms with Crippen LogP contribution in [0.25, 0.3) is 0 Å². The van der Waals surface area contributed by atoms with E-state index in [0.29, 0.717) is 18.1 Å². The SMILES string of the molecule is Cc1cnc(CNCC(O)c2ccccc2Cl)cn1. The van der Waals surface area contributed by atoms with Crippen LogP contribution in [0, 0.1) is 6.92 Å². The molecule has 1 aromatic carbocycles. The molecule has 0 radical (unpaired) electrons. The highest BCUT2D eigenvalue weighted by Gasteiger charge is 2.10. The van der Waals surface area contributed by atoms with Gasteiger partial charge in [0.2, 0.25) is 0 Å². The van der Waals surface area contributed by atoms with E-state index in [0.717, 1.165) is 17.0 Å². The second-order valence-corrected chi connectivity index (χ2v) is 4.72. The van der Waals surface area contributed by atoms with E-state index in [1.165, 1.54) is 0 Å². The molecule has 1 unspecified atom stereocenters. The molecule has 2 N–H and O–H groups in total. The van der Waals surface area contributed by atoms with E-state index in [1.54, 1.807) is 18.5 Å². The number of nitrogens with one attached hydrogen (secondary N) is 1. The topological polar surface area (TPSA) is 58.0 Å². The number of hydrogen-bond donors (Lipinski definition) is 2. The lowest BCUT2D eigenvalue weighted by Crippen LogP contribution is -2.21. The zero-order valence-electron chi connectivity index (χ0n) is 10.7. The van der Waals surface area contributed by atoms with Crippen molar-refractivity contribution in [3.8, 4) is 0 Å². The van der Waals surface area contributed by atoms with Crippen LogP contribution in [0.1, 0.15) is 23.1 Å². The van der Waals surface area contributed by atoms with Crippen molar-refractivity contribution in [1.29, 1.82) is 0 Å². The number of benzene rings is 1. The average molecular weight is 278 g/mol. The fourth-order valence-electron chi connectivity index (χ4n) is 1.70. The van der Waals surface area contributed by atoms with E-state index in [9.17, 15) is 5.11 Å². The molecule has 2 aromatic rings. The van der Waals surface area contributed by atoms with Gasteiger partial charge in [0.15, 0.2) is 0 Å². The molecule has 0 aliphatic rings. The van der Waals surface area contributed by atoms with Gasteiger partial charge in [0, 0.05) is 36.1 Å². The second kappa shape index (κ2) is 6.61. The van der Waals surface area contributed by atoms with Gasteiger partial charge in [0.05, 0.1) is 17.5 Å². The van der Waals surface area contributed by atoms with E-state index < -0.39 is 6.10 Å². The van der Waals surface area contributed by atoms with E-state index in [-0.39, 0.29) is 0 Å². The zero-order valence-corrected chi connectivity index (χ0v) is 11.4. The molecule has 4 nitrogen and oxygen atoms in total. The van der Waals surface area contributed by atoms with Gasteiger partial charge in [0.25, 0.3) is 0 Å². The average Bonchev–Trinajstić information content (AvgIpc) is 2.41. The van der Waals surface area contributed by atoms with Crippen molar-refractivity contribution < 1.29 is 5.11 Å². The smallest absolute Gasteiger partial charge is 0.0928 e. The molecule has 0 aliphatic carbocycles. The van der Waals surface area contributed by atoms with Crippen molar-refractivity contribution >= 4 is 11.6 Å². The Hall–Kier alpha value is -1.49. The first-order chi connectivity index (χ1) is 9.16. The van der Waals surface area contributed by atoms with Crippen LogP contribution in [0.5, 0.6) is 0 Å². The Morgan fingerprint density at radius 2 is 2.05 bits per heavy atom. The standard InChI is InChI=1S/C14H16ClN3O/c1-10-6-18-11(8-17-10)7-16-9-14(19)12-4-2-3-5-13(12)15/h2-6,8,14,16,19H,7,9H2,1H3. The van der Waals surface area contributed by atoms with Crippen molar-refractivity contribution in [2.24, 2.45) is 0 Å². The minimum absolute atomic E-state index is 0.416. The molecule has 100 valence electrons. The van der Waals surface area contributed by atoms with Gasteiger partial charge in [-0.2, -0.15) is 0 Å². The fourth-order valence-corrected chi connectivity index (χ4v) is 1.96. The number of hydrogen-bond acceptors (Lipinski definition) is 4. The van der Waals surface area contributed by atoms with Gasteiger partial charge in [-0.15, -0.1) is 0 Å². The Morgan fingerprint density at radius 1 is 1.26 bits per heavy atom. The summed E-state index contributed by atoms with van der Waals surface area (Å²) in [6, 6.07) is 7.29. The first-order valence-electron chi connectivity index (χ1n) is 6.07. The first kappa shape index (κ1) is 13.9. The van der Waals surface area contributed by atoms with Crippen LogP contribution >= 0.6 is 11.6 Å². The van der Waals surface area contributed by atoms with Crippen molar-refractivity contribution in [3.05, 3.63) is 58.6 Å². The van der Waals surface area contributed by atoms with Gasteiger partial charge >= 0.3 is 0 Å². The summed E-state index contributed by atoms with van der Waals surface area (Å²) < 4.78 is 0. The van der Waals surface area contributed by atoms with Crippen LogP contribution in [0.4, 0.5) is 0 Å². The maximum absolute atomic E-state index is 10.0. The Balaban J connectivity index is 1.86. The summed E-state index contributed by atoms with van der Waals surface area (Å²) in [5.74, 6) is 0. The minimum Gasteiger partial charge on any atom is -0.387 e. The van der Waals surface area contributed by atoms with Gasteiger partial charge < -0.3 is 10.4 Å². The van der Waals surface area contributed by atoms with Gasteiger partial charge in [-0.3, -0.25) is 9.97 Å². The molecule has 0 aliphatic heterocycles. The highest BCUT2D eigenvalue weighted by atomic mass is 35.5. The lowest BCUT2D eigenvalue weighted by molar-refractivity contribution is 0.174. The van der Waals surface area contributed by atoms with Crippen LogP contribution in [-0.2, 0) is 6.54 Å². The van der Waals surface area contributed by atoms with Crippen molar-refractivity contribution in [1.82, 2.24) is 15.3 Å². The number of aliphatic hydroxyl groups is 1. The van der Waals surface area contributed by atoms with Crippen molar-refractivity contribution in [2.75, 3.05) is 6.54 Å². The summed E-state index contributed by atoms with van der Waals surface area (Å²) in [7, 11) is 0. The Kier molecular flexibility index (Phi) is 4.85. The van der Waals surface area contributed by atoms with E-state index in [2.05, 4.69) is 15.3 Å². The van der Waals surface area contributed by atoms with E-state index >= 15 is 0 Å². The molecule has 0 amide bonds. The summed E-state index contributed by atoms with van der Waals surface area (Å²) in [4.78, 5) is 8.40. The number of aromatic nitrogens is 2. The largest absolute Gasteiger partial charge is 0.387 e. The lowest BCUT2D eigenvalue weighted by atomic mass is 10.1. The maximum Gasteiger partial charge on any atom is 0.0928 e. The Bertz CT molecular complexity index is 530. The van der Waals surface area contributed by atoms with Crippen LogP contribution in [0.15, 0.2) is 36.7 Å². The molecule has 0 saturated carbocycles.